The van der Waals surface area contributed by atoms with Gasteiger partial charge in [-0.3, -0.25) is 9.59 Å². The molecular formula is C13H25N3O4. The zero-order valence-corrected chi connectivity index (χ0v) is 12.6. The van der Waals surface area contributed by atoms with E-state index in [1.807, 2.05) is 27.7 Å². The number of rotatable bonds is 8. The molecule has 0 aromatic carbocycles. The van der Waals surface area contributed by atoms with E-state index in [0.29, 0.717) is 13.1 Å². The van der Waals surface area contributed by atoms with Crippen molar-refractivity contribution in [2.45, 2.75) is 40.2 Å². The van der Waals surface area contributed by atoms with Gasteiger partial charge in [-0.2, -0.15) is 0 Å². The van der Waals surface area contributed by atoms with E-state index in [1.165, 1.54) is 0 Å². The summed E-state index contributed by atoms with van der Waals surface area (Å²) in [5.74, 6) is -1.14. The fraction of sp³-hybridized carbons (Fsp3) is 0.769. The van der Waals surface area contributed by atoms with Crippen molar-refractivity contribution in [3.05, 3.63) is 0 Å². The molecule has 0 heterocycles. The van der Waals surface area contributed by atoms with Crippen LogP contribution in [0.4, 0.5) is 4.79 Å². The van der Waals surface area contributed by atoms with Gasteiger partial charge >= 0.3 is 12.0 Å². The van der Waals surface area contributed by atoms with Gasteiger partial charge in [0.05, 0.1) is 13.0 Å². The van der Waals surface area contributed by atoms with Crippen LogP contribution in [0.1, 0.15) is 34.1 Å². The SMILES string of the molecule is CCN(CC)C(=O)CNC(=O)NC(CC(=O)O)C(C)C. The zero-order valence-electron chi connectivity index (χ0n) is 12.6. The highest BCUT2D eigenvalue weighted by molar-refractivity contribution is 5.84. The van der Waals surface area contributed by atoms with E-state index in [0.717, 1.165) is 0 Å². The molecule has 20 heavy (non-hydrogen) atoms. The van der Waals surface area contributed by atoms with Crippen molar-refractivity contribution in [3.63, 3.8) is 0 Å². The van der Waals surface area contributed by atoms with Gasteiger partial charge in [0.1, 0.15) is 0 Å². The van der Waals surface area contributed by atoms with E-state index < -0.39 is 18.0 Å². The Morgan fingerprint density at radius 1 is 1.15 bits per heavy atom. The molecule has 0 aliphatic carbocycles. The van der Waals surface area contributed by atoms with Crippen LogP contribution in [0.2, 0.25) is 0 Å². The van der Waals surface area contributed by atoms with Crippen LogP contribution in [0.25, 0.3) is 0 Å². The standard InChI is InChI=1S/C13H25N3O4/c1-5-16(6-2)11(17)8-14-13(20)15-10(9(3)4)7-12(18)19/h9-10H,5-8H2,1-4H3,(H,18,19)(H2,14,15,20). The van der Waals surface area contributed by atoms with Crippen molar-refractivity contribution in [2.75, 3.05) is 19.6 Å². The highest BCUT2D eigenvalue weighted by Crippen LogP contribution is 2.05. The lowest BCUT2D eigenvalue weighted by Gasteiger charge is -2.22. The average molecular weight is 287 g/mol. The summed E-state index contributed by atoms with van der Waals surface area (Å²) >= 11 is 0. The number of hydrogen-bond acceptors (Lipinski definition) is 3. The number of carboxylic acids is 1. The van der Waals surface area contributed by atoms with Crippen LogP contribution in [0.15, 0.2) is 0 Å². The molecule has 0 spiro atoms. The van der Waals surface area contributed by atoms with Crippen molar-refractivity contribution in [2.24, 2.45) is 5.92 Å². The summed E-state index contributed by atoms with van der Waals surface area (Å²) in [4.78, 5) is 35.7. The van der Waals surface area contributed by atoms with E-state index in [2.05, 4.69) is 10.6 Å². The van der Waals surface area contributed by atoms with E-state index in [9.17, 15) is 14.4 Å². The number of carboxylic acid groups (broad SMARTS) is 1. The highest BCUT2D eigenvalue weighted by Gasteiger charge is 2.20. The van der Waals surface area contributed by atoms with Crippen molar-refractivity contribution in [1.29, 1.82) is 0 Å². The van der Waals surface area contributed by atoms with Crippen molar-refractivity contribution >= 4 is 17.9 Å². The Morgan fingerprint density at radius 3 is 2.10 bits per heavy atom. The van der Waals surface area contributed by atoms with Gasteiger partial charge in [-0.05, 0) is 19.8 Å². The van der Waals surface area contributed by atoms with Crippen LogP contribution in [0.5, 0.6) is 0 Å². The van der Waals surface area contributed by atoms with E-state index >= 15 is 0 Å². The van der Waals surface area contributed by atoms with Gasteiger partial charge in [0.15, 0.2) is 0 Å². The van der Waals surface area contributed by atoms with Gasteiger partial charge in [0.25, 0.3) is 0 Å². The second kappa shape index (κ2) is 9.17. The predicted octanol–water partition coefficient (Wildman–Crippen LogP) is 0.653. The van der Waals surface area contributed by atoms with E-state index in [1.54, 1.807) is 4.90 Å². The molecule has 0 saturated heterocycles. The van der Waals surface area contributed by atoms with Gasteiger partial charge in [-0.1, -0.05) is 13.8 Å². The van der Waals surface area contributed by atoms with E-state index in [-0.39, 0.29) is 24.8 Å². The molecule has 3 amide bonds. The molecule has 0 saturated carbocycles. The third kappa shape index (κ3) is 6.96. The maximum absolute atomic E-state index is 11.7. The van der Waals surface area contributed by atoms with Crippen molar-refractivity contribution in [1.82, 2.24) is 15.5 Å². The number of nitrogens with zero attached hydrogens (tertiary/aromatic N) is 1. The molecular weight excluding hydrogens is 262 g/mol. The fourth-order valence-corrected chi connectivity index (χ4v) is 1.70. The van der Waals surface area contributed by atoms with Gasteiger partial charge in [0, 0.05) is 19.1 Å². The summed E-state index contributed by atoms with van der Waals surface area (Å²) < 4.78 is 0. The minimum Gasteiger partial charge on any atom is -0.481 e. The topological polar surface area (TPSA) is 98.7 Å². The molecule has 7 nitrogen and oxygen atoms in total. The average Bonchev–Trinajstić information content (AvgIpc) is 2.36. The molecule has 0 aromatic heterocycles. The number of carbonyl (C=O) groups excluding carboxylic acids is 2. The Hall–Kier alpha value is -1.79. The third-order valence-corrected chi connectivity index (χ3v) is 3.03. The first kappa shape index (κ1) is 18.2. The molecule has 0 aliphatic rings. The van der Waals surface area contributed by atoms with Gasteiger partial charge in [0.2, 0.25) is 5.91 Å². The Bertz CT molecular complexity index is 341. The number of amides is 3. The molecule has 116 valence electrons. The lowest BCUT2D eigenvalue weighted by molar-refractivity contribution is -0.137. The molecule has 0 rings (SSSR count). The monoisotopic (exact) mass is 287 g/mol. The maximum atomic E-state index is 11.7. The largest absolute Gasteiger partial charge is 0.481 e. The Balaban J connectivity index is 4.26. The molecule has 0 radical (unpaired) electrons. The Morgan fingerprint density at radius 2 is 1.70 bits per heavy atom. The van der Waals surface area contributed by atoms with Crippen LogP contribution in [0, 0.1) is 5.92 Å². The summed E-state index contributed by atoms with van der Waals surface area (Å²) in [6.07, 6.45) is -0.144. The predicted molar refractivity (Wildman–Crippen MR) is 75.3 cm³/mol. The molecule has 0 fully saturated rings. The molecule has 0 aromatic rings. The number of urea groups is 1. The summed E-state index contributed by atoms with van der Waals surface area (Å²) in [5.41, 5.74) is 0. The summed E-state index contributed by atoms with van der Waals surface area (Å²) in [5, 5.41) is 13.8. The number of carbonyl (C=O) groups is 3. The lowest BCUT2D eigenvalue weighted by Crippen LogP contribution is -2.48. The molecule has 3 N–H and O–H groups in total. The summed E-state index contributed by atoms with van der Waals surface area (Å²) in [7, 11) is 0. The first-order chi connectivity index (χ1) is 9.31. The molecule has 1 atom stereocenters. The van der Waals surface area contributed by atoms with Gasteiger partial charge < -0.3 is 20.6 Å². The van der Waals surface area contributed by atoms with Crippen molar-refractivity contribution in [3.8, 4) is 0 Å². The molecule has 0 bridgehead atoms. The minimum absolute atomic E-state index is 0.00432. The van der Waals surface area contributed by atoms with Crippen LogP contribution >= 0.6 is 0 Å². The molecule has 1 unspecified atom stereocenters. The molecule has 7 heteroatoms. The van der Waals surface area contributed by atoms with Gasteiger partial charge in [-0.25, -0.2) is 4.79 Å². The second-order valence-electron chi connectivity index (χ2n) is 4.84. The maximum Gasteiger partial charge on any atom is 0.315 e. The van der Waals surface area contributed by atoms with Crippen LogP contribution < -0.4 is 10.6 Å². The zero-order chi connectivity index (χ0) is 15.7. The number of aliphatic carboxylic acids is 1. The van der Waals surface area contributed by atoms with E-state index in [4.69, 9.17) is 5.11 Å². The first-order valence-corrected chi connectivity index (χ1v) is 6.85. The smallest absolute Gasteiger partial charge is 0.315 e. The quantitative estimate of drug-likeness (QED) is 0.610. The summed E-state index contributed by atoms with van der Waals surface area (Å²) in [6.45, 7) is 8.47. The molecule has 0 aliphatic heterocycles. The number of likely N-dealkylation sites (N-methyl/N-ethyl adjacent to an activating group) is 1. The first-order valence-electron chi connectivity index (χ1n) is 6.85. The fourth-order valence-electron chi connectivity index (χ4n) is 1.70. The number of hydrogen-bond donors (Lipinski definition) is 3. The number of nitrogens with one attached hydrogen (secondary N) is 2. The lowest BCUT2D eigenvalue weighted by atomic mass is 10.0. The Kier molecular flexibility index (Phi) is 8.35. The third-order valence-electron chi connectivity index (χ3n) is 3.03. The second-order valence-corrected chi connectivity index (χ2v) is 4.84. The Labute approximate surface area is 119 Å². The van der Waals surface area contributed by atoms with Gasteiger partial charge in [-0.15, -0.1) is 0 Å². The normalized spacial score (nSPS) is 11.8. The van der Waals surface area contributed by atoms with Crippen molar-refractivity contribution < 1.29 is 19.5 Å². The van der Waals surface area contributed by atoms with Crippen LogP contribution in [0.3, 0.4) is 0 Å². The highest BCUT2D eigenvalue weighted by atomic mass is 16.4. The van der Waals surface area contributed by atoms with Crippen LogP contribution in [-0.2, 0) is 9.59 Å². The summed E-state index contributed by atoms with van der Waals surface area (Å²) in [6, 6.07) is -0.985. The minimum atomic E-state index is -0.969. The van der Waals surface area contributed by atoms with Crippen LogP contribution in [-0.4, -0.2) is 53.6 Å².